The van der Waals surface area contributed by atoms with Crippen LogP contribution in [0.2, 0.25) is 0 Å². The van der Waals surface area contributed by atoms with E-state index >= 15 is 0 Å². The van der Waals surface area contributed by atoms with E-state index in [-0.39, 0.29) is 18.8 Å². The first-order valence-corrected chi connectivity index (χ1v) is 4.88. The molecule has 0 aromatic heterocycles. The van der Waals surface area contributed by atoms with Crippen LogP contribution in [0.5, 0.6) is 5.75 Å². The summed E-state index contributed by atoms with van der Waals surface area (Å²) in [6.07, 6.45) is 0.214. The van der Waals surface area contributed by atoms with Gasteiger partial charge in [-0.15, -0.1) is 0 Å². The maximum absolute atomic E-state index is 12.8. The van der Waals surface area contributed by atoms with E-state index in [1.165, 1.54) is 18.2 Å². The number of rotatable bonds is 5. The van der Waals surface area contributed by atoms with E-state index in [0.717, 1.165) is 0 Å². The summed E-state index contributed by atoms with van der Waals surface area (Å²) >= 11 is 0. The summed E-state index contributed by atoms with van der Waals surface area (Å²) in [4.78, 5) is 10.4. The number of nitrogens with two attached hydrogens (primary N) is 1. The number of hydrogen-bond acceptors (Lipinski definition) is 3. The van der Waals surface area contributed by atoms with Crippen LogP contribution in [0.4, 0.5) is 4.39 Å². The summed E-state index contributed by atoms with van der Waals surface area (Å²) in [6.45, 7) is 1.91. The zero-order chi connectivity index (χ0) is 12.1. The van der Waals surface area contributed by atoms with Crippen LogP contribution in [0, 0.1) is 12.7 Å². The SMILES string of the molecule is Cc1cc(F)ccc1OCCC(N)C(=O)O. The van der Waals surface area contributed by atoms with Crippen molar-refractivity contribution >= 4 is 5.97 Å². The number of carboxylic acid groups (broad SMARTS) is 1. The Hall–Kier alpha value is -1.62. The highest BCUT2D eigenvalue weighted by molar-refractivity contribution is 5.72. The number of aliphatic carboxylic acids is 1. The summed E-state index contributed by atoms with van der Waals surface area (Å²) in [5.41, 5.74) is 5.97. The van der Waals surface area contributed by atoms with E-state index in [2.05, 4.69) is 0 Å². The Morgan fingerprint density at radius 3 is 2.88 bits per heavy atom. The second-order valence-corrected chi connectivity index (χ2v) is 3.49. The largest absolute Gasteiger partial charge is 0.493 e. The molecule has 0 heterocycles. The zero-order valence-corrected chi connectivity index (χ0v) is 8.94. The molecule has 16 heavy (non-hydrogen) atoms. The van der Waals surface area contributed by atoms with Crippen molar-refractivity contribution in [3.05, 3.63) is 29.6 Å². The Bertz CT molecular complexity index is 381. The van der Waals surface area contributed by atoms with E-state index in [9.17, 15) is 9.18 Å². The van der Waals surface area contributed by atoms with Gasteiger partial charge < -0.3 is 15.6 Å². The maximum Gasteiger partial charge on any atom is 0.320 e. The number of halogens is 1. The average Bonchev–Trinajstić information content (AvgIpc) is 2.20. The van der Waals surface area contributed by atoms with Crippen molar-refractivity contribution in [1.29, 1.82) is 0 Å². The van der Waals surface area contributed by atoms with Gasteiger partial charge in [0.05, 0.1) is 6.61 Å². The van der Waals surface area contributed by atoms with E-state index in [1.807, 2.05) is 0 Å². The number of carbonyl (C=O) groups is 1. The molecule has 0 bridgehead atoms. The fraction of sp³-hybridized carbons (Fsp3) is 0.364. The lowest BCUT2D eigenvalue weighted by Crippen LogP contribution is -2.31. The minimum absolute atomic E-state index is 0.194. The molecule has 0 amide bonds. The molecule has 5 heteroatoms. The second kappa shape index (κ2) is 5.46. The van der Waals surface area contributed by atoms with Crippen molar-refractivity contribution in [1.82, 2.24) is 0 Å². The van der Waals surface area contributed by atoms with Gasteiger partial charge in [0.2, 0.25) is 0 Å². The number of carboxylic acids is 1. The van der Waals surface area contributed by atoms with Crippen LogP contribution in [-0.2, 0) is 4.79 Å². The highest BCUT2D eigenvalue weighted by Crippen LogP contribution is 2.18. The van der Waals surface area contributed by atoms with Crippen LogP contribution in [0.1, 0.15) is 12.0 Å². The number of hydrogen-bond donors (Lipinski definition) is 2. The third-order valence-electron chi connectivity index (χ3n) is 2.14. The Morgan fingerprint density at radius 2 is 2.31 bits per heavy atom. The molecule has 0 aliphatic rings. The molecular weight excluding hydrogens is 213 g/mol. The lowest BCUT2D eigenvalue weighted by molar-refractivity contribution is -0.138. The maximum atomic E-state index is 12.8. The summed E-state index contributed by atoms with van der Waals surface area (Å²) in [6, 6.07) is 3.23. The third kappa shape index (κ3) is 3.51. The highest BCUT2D eigenvalue weighted by atomic mass is 19.1. The first-order chi connectivity index (χ1) is 7.50. The van der Waals surface area contributed by atoms with Crippen molar-refractivity contribution in [3.8, 4) is 5.75 Å². The van der Waals surface area contributed by atoms with Crippen molar-refractivity contribution in [2.24, 2.45) is 5.73 Å². The van der Waals surface area contributed by atoms with Crippen LogP contribution in [0.25, 0.3) is 0 Å². The van der Waals surface area contributed by atoms with Gasteiger partial charge in [0.25, 0.3) is 0 Å². The molecule has 0 aliphatic carbocycles. The van der Waals surface area contributed by atoms with Crippen LogP contribution in [0.3, 0.4) is 0 Å². The summed E-state index contributed by atoms with van der Waals surface area (Å²) in [7, 11) is 0. The van der Waals surface area contributed by atoms with Crippen LogP contribution < -0.4 is 10.5 Å². The minimum atomic E-state index is -1.06. The molecule has 88 valence electrons. The molecule has 0 saturated carbocycles. The standard InChI is InChI=1S/C11H14FNO3/c1-7-6-8(12)2-3-10(7)16-5-4-9(13)11(14)15/h2-3,6,9H,4-5,13H2,1H3,(H,14,15). The van der Waals surface area contributed by atoms with Crippen molar-refractivity contribution in [2.75, 3.05) is 6.61 Å². The van der Waals surface area contributed by atoms with E-state index in [4.69, 9.17) is 15.6 Å². The van der Waals surface area contributed by atoms with E-state index < -0.39 is 12.0 Å². The predicted molar refractivity (Wildman–Crippen MR) is 56.9 cm³/mol. The molecule has 1 atom stereocenters. The average molecular weight is 227 g/mol. The number of benzene rings is 1. The second-order valence-electron chi connectivity index (χ2n) is 3.49. The normalized spacial score (nSPS) is 12.2. The molecule has 4 nitrogen and oxygen atoms in total. The monoisotopic (exact) mass is 227 g/mol. The molecular formula is C11H14FNO3. The van der Waals surface area contributed by atoms with Crippen molar-refractivity contribution in [3.63, 3.8) is 0 Å². The van der Waals surface area contributed by atoms with Gasteiger partial charge in [-0.2, -0.15) is 0 Å². The molecule has 0 fully saturated rings. The quantitative estimate of drug-likeness (QED) is 0.795. The summed E-state index contributed by atoms with van der Waals surface area (Å²) in [5.74, 6) is -0.842. The fourth-order valence-corrected chi connectivity index (χ4v) is 1.19. The third-order valence-corrected chi connectivity index (χ3v) is 2.14. The topological polar surface area (TPSA) is 72.5 Å². The predicted octanol–water partition coefficient (Wildman–Crippen LogP) is 1.31. The smallest absolute Gasteiger partial charge is 0.320 e. The first-order valence-electron chi connectivity index (χ1n) is 4.88. The fourth-order valence-electron chi connectivity index (χ4n) is 1.19. The van der Waals surface area contributed by atoms with Crippen molar-refractivity contribution < 1.29 is 19.0 Å². The van der Waals surface area contributed by atoms with Gasteiger partial charge in [-0.05, 0) is 30.7 Å². The van der Waals surface area contributed by atoms with E-state index in [0.29, 0.717) is 11.3 Å². The molecule has 1 aromatic rings. The van der Waals surface area contributed by atoms with Crippen LogP contribution in [-0.4, -0.2) is 23.7 Å². The lowest BCUT2D eigenvalue weighted by atomic mass is 10.2. The van der Waals surface area contributed by atoms with Gasteiger partial charge in [-0.25, -0.2) is 4.39 Å². The van der Waals surface area contributed by atoms with Gasteiger partial charge in [-0.1, -0.05) is 0 Å². The summed E-state index contributed by atoms with van der Waals surface area (Å²) in [5, 5.41) is 8.54. The van der Waals surface area contributed by atoms with Gasteiger partial charge >= 0.3 is 5.97 Å². The molecule has 3 N–H and O–H groups in total. The molecule has 1 rings (SSSR count). The highest BCUT2D eigenvalue weighted by Gasteiger charge is 2.11. The zero-order valence-electron chi connectivity index (χ0n) is 8.94. The first kappa shape index (κ1) is 12.4. The summed E-state index contributed by atoms with van der Waals surface area (Å²) < 4.78 is 18.1. The number of aryl methyl sites for hydroxylation is 1. The van der Waals surface area contributed by atoms with Crippen LogP contribution in [0.15, 0.2) is 18.2 Å². The molecule has 0 saturated heterocycles. The molecule has 1 unspecified atom stereocenters. The Balaban J connectivity index is 2.46. The molecule has 0 radical (unpaired) electrons. The Kier molecular flexibility index (Phi) is 4.25. The van der Waals surface area contributed by atoms with Gasteiger partial charge in [0.15, 0.2) is 0 Å². The minimum Gasteiger partial charge on any atom is -0.493 e. The van der Waals surface area contributed by atoms with Crippen molar-refractivity contribution in [2.45, 2.75) is 19.4 Å². The Labute approximate surface area is 92.8 Å². The molecule has 1 aromatic carbocycles. The number of ether oxygens (including phenoxy) is 1. The van der Waals surface area contributed by atoms with Gasteiger partial charge in [-0.3, -0.25) is 4.79 Å². The lowest BCUT2D eigenvalue weighted by Gasteiger charge is -2.10. The molecule has 0 aliphatic heterocycles. The Morgan fingerprint density at radius 1 is 1.62 bits per heavy atom. The van der Waals surface area contributed by atoms with Gasteiger partial charge in [0.1, 0.15) is 17.6 Å². The molecule has 0 spiro atoms. The van der Waals surface area contributed by atoms with Crippen LogP contribution >= 0.6 is 0 Å². The van der Waals surface area contributed by atoms with Gasteiger partial charge in [0, 0.05) is 6.42 Å². The van der Waals surface area contributed by atoms with E-state index in [1.54, 1.807) is 6.92 Å².